The van der Waals surface area contributed by atoms with Crippen molar-refractivity contribution >= 4 is 18.6 Å². The lowest BCUT2D eigenvalue weighted by atomic mass is 9.91. The molecule has 0 spiro atoms. The second-order valence-electron chi connectivity index (χ2n) is 7.20. The molecule has 2 N–H and O–H groups in total. The van der Waals surface area contributed by atoms with E-state index in [0.717, 1.165) is 11.1 Å². The maximum absolute atomic E-state index is 12.5. The van der Waals surface area contributed by atoms with Crippen LogP contribution in [-0.4, -0.2) is 43.0 Å². The Morgan fingerprint density at radius 1 is 1.23 bits per heavy atom. The fraction of sp³-hybridized carbons (Fsp3) is 0.435. The molecule has 0 aliphatic carbocycles. The number of ether oxygens (including phenoxy) is 2. The van der Waals surface area contributed by atoms with Crippen molar-refractivity contribution in [2.45, 2.75) is 59.6 Å². The number of allylic oxidation sites excluding steroid dienone is 1. The minimum Gasteiger partial charge on any atom is -0.503 e. The number of esters is 1. The molecule has 0 fully saturated rings. The maximum Gasteiger partial charge on any atom is 0.328 e. The third kappa shape index (κ3) is 6.20. The van der Waals surface area contributed by atoms with Crippen molar-refractivity contribution in [3.05, 3.63) is 58.2 Å². The van der Waals surface area contributed by atoms with Gasteiger partial charge in [-0.25, -0.2) is 4.79 Å². The van der Waals surface area contributed by atoms with Crippen LogP contribution in [0.5, 0.6) is 0 Å². The summed E-state index contributed by atoms with van der Waals surface area (Å²) >= 11 is 0. The van der Waals surface area contributed by atoms with E-state index >= 15 is 0 Å². The SMILES string of the molecule is C=N/C(C(=O)N[C@@H](C)C(=O)O[C@H](C)[C@H](C)c1ccc(C)cc1C)=C(O)\C(=C/C)OC. The minimum absolute atomic E-state index is 0.0225. The van der Waals surface area contributed by atoms with Crippen LogP contribution in [-0.2, 0) is 19.1 Å². The molecule has 1 aromatic carbocycles. The second-order valence-corrected chi connectivity index (χ2v) is 7.20. The number of aliphatic imine (C=N–C) groups is 1. The van der Waals surface area contributed by atoms with Gasteiger partial charge in [0.25, 0.3) is 5.91 Å². The molecule has 0 saturated carbocycles. The van der Waals surface area contributed by atoms with Gasteiger partial charge in [-0.3, -0.25) is 9.79 Å². The molecule has 30 heavy (non-hydrogen) atoms. The summed E-state index contributed by atoms with van der Waals surface area (Å²) < 4.78 is 10.5. The van der Waals surface area contributed by atoms with Gasteiger partial charge in [0.2, 0.25) is 0 Å². The van der Waals surface area contributed by atoms with E-state index in [1.54, 1.807) is 6.92 Å². The first-order chi connectivity index (χ1) is 14.1. The molecule has 164 valence electrons. The van der Waals surface area contributed by atoms with Crippen molar-refractivity contribution in [2.24, 2.45) is 4.99 Å². The van der Waals surface area contributed by atoms with Crippen molar-refractivity contribution in [3.63, 3.8) is 0 Å². The Morgan fingerprint density at radius 3 is 2.37 bits per heavy atom. The van der Waals surface area contributed by atoms with Gasteiger partial charge in [-0.1, -0.05) is 30.7 Å². The molecule has 1 aromatic rings. The van der Waals surface area contributed by atoms with Crippen molar-refractivity contribution in [3.8, 4) is 0 Å². The fourth-order valence-electron chi connectivity index (χ4n) is 3.02. The largest absolute Gasteiger partial charge is 0.503 e. The van der Waals surface area contributed by atoms with Crippen LogP contribution in [0.2, 0.25) is 0 Å². The predicted molar refractivity (Wildman–Crippen MR) is 117 cm³/mol. The van der Waals surface area contributed by atoms with Gasteiger partial charge in [0.1, 0.15) is 12.1 Å². The molecule has 0 aliphatic heterocycles. The van der Waals surface area contributed by atoms with Crippen LogP contribution in [0.25, 0.3) is 0 Å². The van der Waals surface area contributed by atoms with Gasteiger partial charge in [0.15, 0.2) is 17.2 Å². The summed E-state index contributed by atoms with van der Waals surface area (Å²) in [5, 5.41) is 12.6. The number of carbonyl (C=O) groups excluding carboxylic acids is 2. The summed E-state index contributed by atoms with van der Waals surface area (Å²) in [5.74, 6) is -1.78. The highest BCUT2D eigenvalue weighted by Gasteiger charge is 2.26. The molecular formula is C23H32N2O5. The van der Waals surface area contributed by atoms with Gasteiger partial charge < -0.3 is 19.9 Å². The van der Waals surface area contributed by atoms with Crippen LogP contribution in [0.3, 0.4) is 0 Å². The third-order valence-corrected chi connectivity index (χ3v) is 4.94. The average molecular weight is 417 g/mol. The number of hydrogen-bond acceptors (Lipinski definition) is 6. The Morgan fingerprint density at radius 2 is 1.87 bits per heavy atom. The van der Waals surface area contributed by atoms with Crippen LogP contribution in [0.15, 0.2) is 46.5 Å². The third-order valence-electron chi connectivity index (χ3n) is 4.94. The summed E-state index contributed by atoms with van der Waals surface area (Å²) in [5.41, 5.74) is 3.05. The van der Waals surface area contributed by atoms with Gasteiger partial charge in [0, 0.05) is 5.92 Å². The average Bonchev–Trinajstić information content (AvgIpc) is 2.68. The highest BCUT2D eigenvalue weighted by molar-refractivity contribution is 5.97. The number of nitrogens with one attached hydrogen (secondary N) is 1. The molecule has 0 aliphatic rings. The van der Waals surface area contributed by atoms with Gasteiger partial charge in [-0.2, -0.15) is 0 Å². The van der Waals surface area contributed by atoms with E-state index in [-0.39, 0.29) is 17.4 Å². The lowest BCUT2D eigenvalue weighted by Gasteiger charge is -2.24. The lowest BCUT2D eigenvalue weighted by molar-refractivity contribution is -0.152. The quantitative estimate of drug-likeness (QED) is 0.209. The minimum atomic E-state index is -0.951. The Hall–Kier alpha value is -3.09. The highest BCUT2D eigenvalue weighted by atomic mass is 16.5. The number of rotatable bonds is 9. The molecule has 1 amide bonds. The molecule has 0 bridgehead atoms. The van der Waals surface area contributed by atoms with E-state index in [4.69, 9.17) is 9.47 Å². The van der Waals surface area contributed by atoms with E-state index in [9.17, 15) is 14.7 Å². The molecule has 0 unspecified atom stereocenters. The van der Waals surface area contributed by atoms with Crippen LogP contribution < -0.4 is 5.32 Å². The zero-order chi connectivity index (χ0) is 23.0. The first-order valence-corrected chi connectivity index (χ1v) is 9.76. The van der Waals surface area contributed by atoms with Crippen LogP contribution >= 0.6 is 0 Å². The monoisotopic (exact) mass is 416 g/mol. The number of hydrogen-bond donors (Lipinski definition) is 2. The second kappa shape index (κ2) is 11.2. The predicted octanol–water partition coefficient (Wildman–Crippen LogP) is 3.86. The summed E-state index contributed by atoms with van der Waals surface area (Å²) in [6, 6.07) is 5.20. The zero-order valence-corrected chi connectivity index (χ0v) is 18.8. The zero-order valence-electron chi connectivity index (χ0n) is 18.8. The van der Waals surface area contributed by atoms with Gasteiger partial charge in [0.05, 0.1) is 7.11 Å². The van der Waals surface area contributed by atoms with E-state index in [2.05, 4.69) is 23.1 Å². The molecule has 0 aromatic heterocycles. The summed E-state index contributed by atoms with van der Waals surface area (Å²) in [7, 11) is 1.35. The van der Waals surface area contributed by atoms with E-state index < -0.39 is 29.8 Å². The summed E-state index contributed by atoms with van der Waals surface area (Å²) in [6.45, 7) is 14.3. The van der Waals surface area contributed by atoms with E-state index in [1.165, 1.54) is 25.7 Å². The topological polar surface area (TPSA) is 97.2 Å². The first-order valence-electron chi connectivity index (χ1n) is 9.76. The smallest absolute Gasteiger partial charge is 0.328 e. The lowest BCUT2D eigenvalue weighted by Crippen LogP contribution is -2.41. The number of aliphatic hydroxyl groups excluding tert-OH is 1. The van der Waals surface area contributed by atoms with E-state index in [0.29, 0.717) is 0 Å². The number of nitrogens with zero attached hydrogens (tertiary/aromatic N) is 1. The van der Waals surface area contributed by atoms with Crippen LogP contribution in [0.1, 0.15) is 50.3 Å². The molecule has 0 radical (unpaired) electrons. The molecule has 3 atom stereocenters. The molecule has 0 saturated heterocycles. The number of amides is 1. The molecule has 1 rings (SSSR count). The normalized spacial score (nSPS) is 15.4. The van der Waals surface area contributed by atoms with Crippen LogP contribution in [0.4, 0.5) is 0 Å². The summed E-state index contributed by atoms with van der Waals surface area (Å²) in [4.78, 5) is 28.5. The van der Waals surface area contributed by atoms with Crippen LogP contribution in [0, 0.1) is 13.8 Å². The van der Waals surface area contributed by atoms with Gasteiger partial charge >= 0.3 is 5.97 Å². The van der Waals surface area contributed by atoms with Crippen molar-refractivity contribution in [2.75, 3.05) is 7.11 Å². The number of aliphatic hydroxyl groups is 1. The fourth-order valence-corrected chi connectivity index (χ4v) is 3.02. The molecule has 7 nitrogen and oxygen atoms in total. The molecule has 0 heterocycles. The van der Waals surface area contributed by atoms with Crippen molar-refractivity contribution in [1.82, 2.24) is 5.32 Å². The van der Waals surface area contributed by atoms with Gasteiger partial charge in [-0.05, 0) is 58.5 Å². The number of aryl methyl sites for hydroxylation is 2. The standard InChI is InChI=1S/C23H32N2O5/c1-9-19(29-8)21(26)20(24-7)22(27)25-16(5)23(28)30-17(6)15(4)18-11-10-13(2)12-14(18)3/h9-12,15-17,26H,7H2,1-6,8H3,(H,25,27)/b19-9+,21-20+/t15-,16-,17+/m0/s1. The number of methoxy groups -OCH3 is 1. The maximum atomic E-state index is 12.5. The Labute approximate surface area is 178 Å². The van der Waals surface area contributed by atoms with Gasteiger partial charge in [-0.15, -0.1) is 0 Å². The van der Waals surface area contributed by atoms with Crippen molar-refractivity contribution in [1.29, 1.82) is 0 Å². The molecular weight excluding hydrogens is 384 g/mol. The highest BCUT2D eigenvalue weighted by Crippen LogP contribution is 2.25. The summed E-state index contributed by atoms with van der Waals surface area (Å²) in [6.07, 6.45) is 1.07. The Bertz CT molecular complexity index is 857. The Balaban J connectivity index is 2.85. The molecule has 7 heteroatoms. The van der Waals surface area contributed by atoms with E-state index in [1.807, 2.05) is 39.8 Å². The van der Waals surface area contributed by atoms with Crippen molar-refractivity contribution < 1.29 is 24.2 Å². The number of carbonyl (C=O) groups is 2. The first kappa shape index (κ1) is 24.9. The number of benzene rings is 1. The Kier molecular flexibility index (Phi) is 9.30.